The van der Waals surface area contributed by atoms with E-state index in [-0.39, 0.29) is 5.02 Å². The molecule has 3 heterocycles. The summed E-state index contributed by atoms with van der Waals surface area (Å²) in [5.74, 6) is 0.158. The largest absolute Gasteiger partial charge is 0.283 e. The zero-order chi connectivity index (χ0) is 19.1. The van der Waals surface area contributed by atoms with Crippen LogP contribution in [0.2, 0.25) is 5.02 Å². The molecule has 138 valence electrons. The second-order valence-electron chi connectivity index (χ2n) is 6.15. The Hall–Kier alpha value is -2.97. The van der Waals surface area contributed by atoms with E-state index in [9.17, 15) is 4.39 Å². The molecule has 5 aromatic rings. The lowest BCUT2D eigenvalue weighted by Gasteiger charge is -2.05. The average Bonchev–Trinajstić information content (AvgIpc) is 3.34. The van der Waals surface area contributed by atoms with E-state index in [4.69, 9.17) is 11.6 Å². The standard InChI is InChI=1S/C19H12ClFN6S/c20-14-5-11(1-4-15(14)21)9-28-19-22-8-17-18(25-19)27(10-23-17)13-3-2-12-7-24-26-16(12)6-13/h1-8,10H,9H2,(H,24,26). The predicted octanol–water partition coefficient (Wildman–Crippen LogP) is 4.78. The van der Waals surface area contributed by atoms with Gasteiger partial charge in [0.05, 0.1) is 28.6 Å². The van der Waals surface area contributed by atoms with Crippen molar-refractivity contribution in [2.24, 2.45) is 0 Å². The summed E-state index contributed by atoms with van der Waals surface area (Å²) in [6.45, 7) is 0. The van der Waals surface area contributed by atoms with Crippen LogP contribution in [-0.4, -0.2) is 29.7 Å². The van der Waals surface area contributed by atoms with Gasteiger partial charge in [-0.2, -0.15) is 5.10 Å². The molecule has 0 spiro atoms. The molecule has 28 heavy (non-hydrogen) atoms. The highest BCUT2D eigenvalue weighted by molar-refractivity contribution is 7.98. The van der Waals surface area contributed by atoms with Crippen molar-refractivity contribution in [1.82, 2.24) is 29.7 Å². The van der Waals surface area contributed by atoms with Gasteiger partial charge >= 0.3 is 0 Å². The second kappa shape index (κ2) is 6.88. The number of rotatable bonds is 4. The first kappa shape index (κ1) is 17.2. The van der Waals surface area contributed by atoms with E-state index in [2.05, 4.69) is 25.1 Å². The lowest BCUT2D eigenvalue weighted by molar-refractivity contribution is 0.628. The highest BCUT2D eigenvalue weighted by Crippen LogP contribution is 2.25. The summed E-state index contributed by atoms with van der Waals surface area (Å²) < 4.78 is 15.2. The maximum Gasteiger partial charge on any atom is 0.189 e. The van der Waals surface area contributed by atoms with E-state index in [1.807, 2.05) is 22.8 Å². The van der Waals surface area contributed by atoms with Crippen molar-refractivity contribution in [2.75, 3.05) is 0 Å². The topological polar surface area (TPSA) is 72.3 Å². The molecule has 0 atom stereocenters. The Bertz CT molecular complexity index is 1310. The molecule has 0 amide bonds. The van der Waals surface area contributed by atoms with Crippen LogP contribution in [0.4, 0.5) is 4.39 Å². The number of hydrogen-bond donors (Lipinski definition) is 1. The molecular weight excluding hydrogens is 399 g/mol. The summed E-state index contributed by atoms with van der Waals surface area (Å²) in [5.41, 5.74) is 4.20. The molecule has 0 fully saturated rings. The van der Waals surface area contributed by atoms with Crippen LogP contribution in [-0.2, 0) is 5.75 Å². The lowest BCUT2D eigenvalue weighted by atomic mass is 10.2. The number of thioether (sulfide) groups is 1. The molecule has 6 nitrogen and oxygen atoms in total. The van der Waals surface area contributed by atoms with Crippen molar-refractivity contribution < 1.29 is 4.39 Å². The third kappa shape index (κ3) is 3.10. The Morgan fingerprint density at radius 1 is 1.11 bits per heavy atom. The van der Waals surface area contributed by atoms with Gasteiger partial charge in [0.2, 0.25) is 0 Å². The SMILES string of the molecule is Fc1ccc(CSc2ncc3ncn(-c4ccc5cn[nH]c5c4)c3n2)cc1Cl. The quantitative estimate of drug-likeness (QED) is 0.341. The zero-order valence-electron chi connectivity index (χ0n) is 14.3. The van der Waals surface area contributed by atoms with Gasteiger partial charge in [0.15, 0.2) is 10.8 Å². The molecule has 0 aliphatic carbocycles. The number of halogens is 2. The third-order valence-electron chi connectivity index (χ3n) is 4.32. The van der Waals surface area contributed by atoms with Gasteiger partial charge in [0.1, 0.15) is 17.7 Å². The van der Waals surface area contributed by atoms with Gasteiger partial charge in [-0.1, -0.05) is 29.4 Å². The average molecular weight is 411 g/mol. The van der Waals surface area contributed by atoms with Gasteiger partial charge in [-0.3, -0.25) is 9.67 Å². The van der Waals surface area contributed by atoms with Crippen LogP contribution in [0.1, 0.15) is 5.56 Å². The van der Waals surface area contributed by atoms with Crippen LogP contribution in [0, 0.1) is 5.82 Å². The molecule has 5 rings (SSSR count). The number of H-pyrrole nitrogens is 1. The fraction of sp³-hybridized carbons (Fsp3) is 0.0526. The van der Waals surface area contributed by atoms with Crippen LogP contribution < -0.4 is 0 Å². The molecule has 0 aliphatic heterocycles. The molecule has 0 saturated carbocycles. The van der Waals surface area contributed by atoms with Gasteiger partial charge < -0.3 is 0 Å². The molecule has 0 aliphatic rings. The van der Waals surface area contributed by atoms with Crippen LogP contribution >= 0.6 is 23.4 Å². The fourth-order valence-corrected chi connectivity index (χ4v) is 3.86. The van der Waals surface area contributed by atoms with Crippen LogP contribution in [0.5, 0.6) is 0 Å². The van der Waals surface area contributed by atoms with E-state index in [1.54, 1.807) is 30.9 Å². The fourth-order valence-electron chi connectivity index (χ4n) is 2.90. The molecular formula is C19H12ClFN6S. The molecule has 0 bridgehead atoms. The molecule has 1 N–H and O–H groups in total. The monoisotopic (exact) mass is 410 g/mol. The van der Waals surface area contributed by atoms with Gasteiger partial charge in [-0.15, -0.1) is 0 Å². The third-order valence-corrected chi connectivity index (χ3v) is 5.55. The summed E-state index contributed by atoms with van der Waals surface area (Å²) in [5, 5.41) is 8.78. The van der Waals surface area contributed by atoms with E-state index in [0.717, 1.165) is 22.2 Å². The van der Waals surface area contributed by atoms with Crippen molar-refractivity contribution in [3.05, 3.63) is 71.5 Å². The molecule has 2 aromatic carbocycles. The number of fused-ring (bicyclic) bond motifs is 2. The van der Waals surface area contributed by atoms with Gasteiger partial charge in [0, 0.05) is 11.1 Å². The van der Waals surface area contributed by atoms with Crippen LogP contribution in [0.3, 0.4) is 0 Å². The first-order valence-electron chi connectivity index (χ1n) is 8.38. The Morgan fingerprint density at radius 2 is 2.04 bits per heavy atom. The molecule has 0 saturated heterocycles. The number of aromatic nitrogens is 6. The maximum atomic E-state index is 13.3. The van der Waals surface area contributed by atoms with Gasteiger partial charge in [0.25, 0.3) is 0 Å². The van der Waals surface area contributed by atoms with Crippen LogP contribution in [0.25, 0.3) is 27.8 Å². The summed E-state index contributed by atoms with van der Waals surface area (Å²) in [6, 6.07) is 10.7. The number of nitrogens with zero attached hydrogens (tertiary/aromatic N) is 5. The number of hydrogen-bond acceptors (Lipinski definition) is 5. The number of imidazole rings is 1. The van der Waals surface area contributed by atoms with Crippen molar-refractivity contribution >= 4 is 45.4 Å². The number of aromatic amines is 1. The van der Waals surface area contributed by atoms with Crippen molar-refractivity contribution in [3.63, 3.8) is 0 Å². The Kier molecular flexibility index (Phi) is 4.22. The highest BCUT2D eigenvalue weighted by atomic mass is 35.5. The highest BCUT2D eigenvalue weighted by Gasteiger charge is 2.10. The summed E-state index contributed by atoms with van der Waals surface area (Å²) in [4.78, 5) is 13.4. The maximum absolute atomic E-state index is 13.3. The zero-order valence-corrected chi connectivity index (χ0v) is 15.9. The van der Waals surface area contributed by atoms with Crippen molar-refractivity contribution in [3.8, 4) is 5.69 Å². The molecule has 0 unspecified atom stereocenters. The summed E-state index contributed by atoms with van der Waals surface area (Å²) in [6.07, 6.45) is 5.21. The smallest absolute Gasteiger partial charge is 0.189 e. The van der Waals surface area contributed by atoms with E-state index in [1.165, 1.54) is 17.8 Å². The van der Waals surface area contributed by atoms with Crippen molar-refractivity contribution in [1.29, 1.82) is 0 Å². The molecule has 9 heteroatoms. The van der Waals surface area contributed by atoms with Gasteiger partial charge in [-0.05, 0) is 35.9 Å². The normalized spacial score (nSPS) is 11.5. The van der Waals surface area contributed by atoms with E-state index >= 15 is 0 Å². The van der Waals surface area contributed by atoms with E-state index in [0.29, 0.717) is 22.1 Å². The Balaban J connectivity index is 1.46. The lowest BCUT2D eigenvalue weighted by Crippen LogP contribution is -1.96. The molecule has 3 aromatic heterocycles. The predicted molar refractivity (Wildman–Crippen MR) is 107 cm³/mol. The second-order valence-corrected chi connectivity index (χ2v) is 7.50. The minimum Gasteiger partial charge on any atom is -0.283 e. The van der Waals surface area contributed by atoms with Crippen LogP contribution in [0.15, 0.2) is 60.3 Å². The first-order chi connectivity index (χ1) is 13.7. The minimum atomic E-state index is -0.425. The van der Waals surface area contributed by atoms with Crippen molar-refractivity contribution in [2.45, 2.75) is 10.9 Å². The summed E-state index contributed by atoms with van der Waals surface area (Å²) in [7, 11) is 0. The Morgan fingerprint density at radius 3 is 2.93 bits per heavy atom. The number of benzene rings is 2. The first-order valence-corrected chi connectivity index (χ1v) is 9.74. The van der Waals surface area contributed by atoms with E-state index < -0.39 is 5.82 Å². The van der Waals surface area contributed by atoms with Gasteiger partial charge in [-0.25, -0.2) is 19.3 Å². The number of nitrogens with one attached hydrogen (secondary N) is 1. The summed E-state index contributed by atoms with van der Waals surface area (Å²) >= 11 is 7.30. The molecule has 0 radical (unpaired) electrons. The Labute approximate surface area is 167 Å². The minimum absolute atomic E-state index is 0.113.